The molecule has 2 aromatic rings. The van der Waals surface area contributed by atoms with Crippen LogP contribution in [-0.2, 0) is 6.42 Å². The second kappa shape index (κ2) is 5.37. The zero-order valence-corrected chi connectivity index (χ0v) is 11.0. The van der Waals surface area contributed by atoms with Gasteiger partial charge in [0, 0.05) is 11.1 Å². The van der Waals surface area contributed by atoms with Crippen LogP contribution in [0.3, 0.4) is 0 Å². The van der Waals surface area contributed by atoms with Gasteiger partial charge >= 0.3 is 0 Å². The quantitative estimate of drug-likeness (QED) is 0.882. The van der Waals surface area contributed by atoms with E-state index < -0.39 is 0 Å². The number of nitrogens with one attached hydrogen (secondary N) is 1. The first-order valence-corrected chi connectivity index (χ1v) is 6.54. The van der Waals surface area contributed by atoms with E-state index in [0.29, 0.717) is 18.1 Å². The van der Waals surface area contributed by atoms with Gasteiger partial charge in [-0.15, -0.1) is 11.3 Å². The third kappa shape index (κ3) is 3.10. The van der Waals surface area contributed by atoms with Gasteiger partial charge in [0.2, 0.25) is 5.89 Å². The van der Waals surface area contributed by atoms with Gasteiger partial charge in [-0.05, 0) is 20.4 Å². The lowest BCUT2D eigenvalue weighted by atomic mass is 10.3. The Morgan fingerprint density at radius 3 is 2.94 bits per heavy atom. The highest BCUT2D eigenvalue weighted by atomic mass is 32.1. The highest BCUT2D eigenvalue weighted by molar-refractivity contribution is 7.09. The third-order valence-corrected chi connectivity index (χ3v) is 3.31. The maximum Gasteiger partial charge on any atom is 0.243 e. The first kappa shape index (κ1) is 12.2. The van der Waals surface area contributed by atoms with Crippen LogP contribution in [0.2, 0.25) is 0 Å². The van der Waals surface area contributed by atoms with E-state index in [0.717, 1.165) is 17.2 Å². The Morgan fingerprint density at radius 1 is 1.47 bits per heavy atom. The van der Waals surface area contributed by atoms with Crippen molar-refractivity contribution in [3.63, 3.8) is 0 Å². The molecular formula is C11H16N4OS. The fourth-order valence-electron chi connectivity index (χ4n) is 1.53. The highest BCUT2D eigenvalue weighted by Gasteiger charge is 2.14. The van der Waals surface area contributed by atoms with E-state index in [1.165, 1.54) is 0 Å². The van der Waals surface area contributed by atoms with Crippen LogP contribution in [-0.4, -0.2) is 21.7 Å². The highest BCUT2D eigenvalue weighted by Crippen LogP contribution is 2.14. The lowest BCUT2D eigenvalue weighted by Gasteiger charge is -2.04. The lowest BCUT2D eigenvalue weighted by Crippen LogP contribution is -2.17. The summed E-state index contributed by atoms with van der Waals surface area (Å²) in [5.74, 6) is 1.33. The molecule has 0 bridgehead atoms. The molecule has 5 nitrogen and oxygen atoms in total. The SMILES string of the molecule is CCNC(C)c1nc(Cc2nc(C)cs2)no1. The summed E-state index contributed by atoms with van der Waals surface area (Å²) in [5.41, 5.74) is 1.04. The maximum atomic E-state index is 5.21. The normalized spacial score (nSPS) is 12.9. The number of hydrogen-bond acceptors (Lipinski definition) is 6. The molecule has 2 heterocycles. The molecule has 92 valence electrons. The Balaban J connectivity index is 2.03. The van der Waals surface area contributed by atoms with E-state index >= 15 is 0 Å². The van der Waals surface area contributed by atoms with Crippen molar-refractivity contribution in [2.75, 3.05) is 6.54 Å². The minimum absolute atomic E-state index is 0.0966. The van der Waals surface area contributed by atoms with E-state index in [1.807, 2.05) is 26.2 Å². The summed E-state index contributed by atoms with van der Waals surface area (Å²) in [7, 11) is 0. The first-order chi connectivity index (χ1) is 8.19. The molecule has 0 spiro atoms. The van der Waals surface area contributed by atoms with E-state index in [9.17, 15) is 0 Å². The van der Waals surface area contributed by atoms with Crippen LogP contribution in [0.1, 0.15) is 42.3 Å². The molecule has 0 aliphatic carbocycles. The summed E-state index contributed by atoms with van der Waals surface area (Å²) >= 11 is 1.62. The van der Waals surface area contributed by atoms with Crippen molar-refractivity contribution in [2.45, 2.75) is 33.2 Å². The molecule has 1 atom stereocenters. The Morgan fingerprint density at radius 2 is 2.29 bits per heavy atom. The molecule has 17 heavy (non-hydrogen) atoms. The molecule has 0 aliphatic rings. The zero-order valence-electron chi connectivity index (χ0n) is 10.2. The van der Waals surface area contributed by atoms with Crippen LogP contribution < -0.4 is 5.32 Å². The van der Waals surface area contributed by atoms with Gasteiger partial charge in [0.25, 0.3) is 0 Å². The number of rotatable bonds is 5. The van der Waals surface area contributed by atoms with Crippen LogP contribution >= 0.6 is 11.3 Å². The summed E-state index contributed by atoms with van der Waals surface area (Å²) < 4.78 is 5.21. The van der Waals surface area contributed by atoms with E-state index in [4.69, 9.17) is 4.52 Å². The van der Waals surface area contributed by atoms with Crippen LogP contribution in [0.5, 0.6) is 0 Å². The van der Waals surface area contributed by atoms with Crippen molar-refractivity contribution in [1.29, 1.82) is 0 Å². The minimum Gasteiger partial charge on any atom is -0.338 e. The molecule has 1 unspecified atom stereocenters. The summed E-state index contributed by atoms with van der Waals surface area (Å²) in [4.78, 5) is 8.74. The fourth-order valence-corrected chi connectivity index (χ4v) is 2.30. The summed E-state index contributed by atoms with van der Waals surface area (Å²) in [6.45, 7) is 6.92. The Bertz CT molecular complexity index is 479. The van der Waals surface area contributed by atoms with Crippen molar-refractivity contribution in [1.82, 2.24) is 20.4 Å². The number of thiazole rings is 1. The molecule has 0 fully saturated rings. The van der Waals surface area contributed by atoms with Crippen molar-refractivity contribution in [3.05, 3.63) is 27.8 Å². The summed E-state index contributed by atoms with van der Waals surface area (Å²) in [6.07, 6.45) is 0.640. The molecule has 0 saturated carbocycles. The summed E-state index contributed by atoms with van der Waals surface area (Å²) in [6, 6.07) is 0.0966. The minimum atomic E-state index is 0.0966. The molecule has 2 rings (SSSR count). The standard InChI is InChI=1S/C11H16N4OS/c1-4-12-8(3)11-14-9(15-16-11)5-10-13-7(2)6-17-10/h6,8,12H,4-5H2,1-3H3. The Kier molecular flexibility index (Phi) is 3.86. The monoisotopic (exact) mass is 252 g/mol. The molecule has 0 aromatic carbocycles. The molecule has 0 amide bonds. The summed E-state index contributed by atoms with van der Waals surface area (Å²) in [5, 5.41) is 10.2. The van der Waals surface area contributed by atoms with E-state index in [-0.39, 0.29) is 6.04 Å². The van der Waals surface area contributed by atoms with Gasteiger partial charge in [0.1, 0.15) is 5.01 Å². The van der Waals surface area contributed by atoms with Gasteiger partial charge in [-0.3, -0.25) is 0 Å². The molecular weight excluding hydrogens is 236 g/mol. The van der Waals surface area contributed by atoms with Gasteiger partial charge in [0.05, 0.1) is 12.5 Å². The van der Waals surface area contributed by atoms with E-state index in [1.54, 1.807) is 11.3 Å². The number of hydrogen-bond donors (Lipinski definition) is 1. The molecule has 1 N–H and O–H groups in total. The largest absolute Gasteiger partial charge is 0.338 e. The van der Waals surface area contributed by atoms with Gasteiger partial charge in [-0.25, -0.2) is 4.98 Å². The molecule has 2 aromatic heterocycles. The molecule has 0 saturated heterocycles. The van der Waals surface area contributed by atoms with E-state index in [2.05, 4.69) is 20.4 Å². The molecule has 0 aliphatic heterocycles. The Labute approximate surface area is 104 Å². The van der Waals surface area contributed by atoms with Crippen molar-refractivity contribution >= 4 is 11.3 Å². The average Bonchev–Trinajstić information content (AvgIpc) is 2.89. The zero-order chi connectivity index (χ0) is 12.3. The molecule has 6 heteroatoms. The lowest BCUT2D eigenvalue weighted by molar-refractivity contribution is 0.339. The van der Waals surface area contributed by atoms with Gasteiger partial charge < -0.3 is 9.84 Å². The Hall–Kier alpha value is -1.27. The van der Waals surface area contributed by atoms with Crippen molar-refractivity contribution < 1.29 is 4.52 Å². The second-order valence-corrected chi connectivity index (χ2v) is 4.83. The van der Waals surface area contributed by atoms with Gasteiger partial charge in [-0.1, -0.05) is 12.1 Å². The van der Waals surface area contributed by atoms with Crippen molar-refractivity contribution in [2.24, 2.45) is 0 Å². The predicted octanol–water partition coefficient (Wildman–Crippen LogP) is 2.10. The van der Waals surface area contributed by atoms with Gasteiger partial charge in [0.15, 0.2) is 5.82 Å². The second-order valence-electron chi connectivity index (χ2n) is 3.89. The predicted molar refractivity (Wildman–Crippen MR) is 66.0 cm³/mol. The van der Waals surface area contributed by atoms with Gasteiger partial charge in [-0.2, -0.15) is 4.98 Å². The smallest absolute Gasteiger partial charge is 0.243 e. The van der Waals surface area contributed by atoms with Crippen LogP contribution in [0, 0.1) is 6.92 Å². The van der Waals surface area contributed by atoms with Crippen molar-refractivity contribution in [3.8, 4) is 0 Å². The number of aryl methyl sites for hydroxylation is 1. The van der Waals surface area contributed by atoms with Crippen LogP contribution in [0.25, 0.3) is 0 Å². The molecule has 0 radical (unpaired) electrons. The van der Waals surface area contributed by atoms with Crippen LogP contribution in [0.4, 0.5) is 0 Å². The third-order valence-electron chi connectivity index (χ3n) is 2.34. The first-order valence-electron chi connectivity index (χ1n) is 5.66. The average molecular weight is 252 g/mol. The fraction of sp³-hybridized carbons (Fsp3) is 0.545. The maximum absolute atomic E-state index is 5.21. The topological polar surface area (TPSA) is 63.8 Å². The van der Waals surface area contributed by atoms with Crippen LogP contribution in [0.15, 0.2) is 9.90 Å². The number of nitrogens with zero attached hydrogens (tertiary/aromatic N) is 3. The number of aromatic nitrogens is 3.